The first-order chi connectivity index (χ1) is 6.46. The van der Waals surface area contributed by atoms with E-state index < -0.39 is 0 Å². The van der Waals surface area contributed by atoms with E-state index in [0.717, 1.165) is 32.4 Å². The van der Waals surface area contributed by atoms with Crippen LogP contribution in [0.2, 0.25) is 0 Å². The lowest BCUT2D eigenvalue weighted by Crippen LogP contribution is -2.43. The third-order valence-electron chi connectivity index (χ3n) is 2.91. The van der Waals surface area contributed by atoms with Crippen molar-refractivity contribution in [3.05, 3.63) is 0 Å². The highest BCUT2D eigenvalue weighted by Crippen LogP contribution is 2.29. The van der Waals surface area contributed by atoms with Gasteiger partial charge in [0, 0.05) is 13.1 Å². The summed E-state index contributed by atoms with van der Waals surface area (Å²) >= 11 is 0. The van der Waals surface area contributed by atoms with Gasteiger partial charge in [0.2, 0.25) is 5.91 Å². The summed E-state index contributed by atoms with van der Waals surface area (Å²) in [6, 6.07) is -0.283. The molecule has 1 rings (SSSR count). The van der Waals surface area contributed by atoms with Crippen LogP contribution in [0.15, 0.2) is 0 Å². The van der Waals surface area contributed by atoms with Crippen LogP contribution >= 0.6 is 0 Å². The Morgan fingerprint density at radius 1 is 1.57 bits per heavy atom. The van der Waals surface area contributed by atoms with Gasteiger partial charge in [0.1, 0.15) is 0 Å². The molecule has 1 amide bonds. The first kappa shape index (κ1) is 11.5. The quantitative estimate of drug-likeness (QED) is 0.744. The van der Waals surface area contributed by atoms with Crippen molar-refractivity contribution in [1.82, 2.24) is 4.90 Å². The predicted octanol–water partition coefficient (Wildman–Crippen LogP) is 1.37. The second-order valence-corrected chi connectivity index (χ2v) is 5.07. The lowest BCUT2D eigenvalue weighted by Gasteiger charge is -2.22. The first-order valence-corrected chi connectivity index (χ1v) is 5.50. The van der Waals surface area contributed by atoms with Crippen molar-refractivity contribution in [2.24, 2.45) is 11.1 Å². The molecule has 0 aliphatic carbocycles. The molecule has 1 fully saturated rings. The second kappa shape index (κ2) is 4.30. The molecule has 1 heterocycles. The molecule has 0 aromatic heterocycles. The maximum absolute atomic E-state index is 11.8. The van der Waals surface area contributed by atoms with Gasteiger partial charge in [-0.05, 0) is 18.3 Å². The molecule has 1 aliphatic rings. The summed E-state index contributed by atoms with van der Waals surface area (Å²) in [7, 11) is 0. The lowest BCUT2D eigenvalue weighted by atomic mass is 9.93. The van der Waals surface area contributed by atoms with Gasteiger partial charge in [0.25, 0.3) is 0 Å². The van der Waals surface area contributed by atoms with Crippen LogP contribution < -0.4 is 5.73 Å². The van der Waals surface area contributed by atoms with Gasteiger partial charge in [0.05, 0.1) is 6.04 Å². The number of hydrogen-bond donors (Lipinski definition) is 1. The Bertz CT molecular complexity index is 213. The Morgan fingerprint density at radius 2 is 2.21 bits per heavy atom. The number of amides is 1. The minimum atomic E-state index is -0.283. The van der Waals surface area contributed by atoms with E-state index in [1.54, 1.807) is 0 Å². The minimum absolute atomic E-state index is 0.137. The summed E-state index contributed by atoms with van der Waals surface area (Å²) in [5.74, 6) is 0.137. The normalized spacial score (nSPS) is 22.4. The van der Waals surface area contributed by atoms with Crippen molar-refractivity contribution in [1.29, 1.82) is 0 Å². The van der Waals surface area contributed by atoms with Gasteiger partial charge in [0.15, 0.2) is 0 Å². The van der Waals surface area contributed by atoms with E-state index in [1.165, 1.54) is 0 Å². The summed E-state index contributed by atoms with van der Waals surface area (Å²) < 4.78 is 0. The maximum atomic E-state index is 11.8. The fraction of sp³-hybridized carbons (Fsp3) is 0.909. The molecular weight excluding hydrogens is 176 g/mol. The SMILES string of the molecule is CCC[C@@H](N)C(=O)N1CCC(C)(C)C1. The summed E-state index contributed by atoms with van der Waals surface area (Å²) in [6.07, 6.45) is 2.87. The molecule has 0 unspecified atom stereocenters. The molecule has 3 nitrogen and oxygen atoms in total. The van der Waals surface area contributed by atoms with Crippen molar-refractivity contribution in [2.45, 2.75) is 46.1 Å². The molecule has 0 aromatic carbocycles. The monoisotopic (exact) mass is 198 g/mol. The van der Waals surface area contributed by atoms with Crippen LogP contribution in [0.5, 0.6) is 0 Å². The molecular formula is C11H22N2O. The predicted molar refractivity (Wildman–Crippen MR) is 57.9 cm³/mol. The van der Waals surface area contributed by atoms with Crippen LogP contribution in [0.4, 0.5) is 0 Å². The van der Waals surface area contributed by atoms with Crippen molar-refractivity contribution >= 4 is 5.91 Å². The molecule has 14 heavy (non-hydrogen) atoms. The van der Waals surface area contributed by atoms with Gasteiger partial charge in [-0.25, -0.2) is 0 Å². The fourth-order valence-electron chi connectivity index (χ4n) is 1.97. The molecule has 0 bridgehead atoms. The molecule has 2 N–H and O–H groups in total. The fourth-order valence-corrected chi connectivity index (χ4v) is 1.97. The number of likely N-dealkylation sites (tertiary alicyclic amines) is 1. The zero-order chi connectivity index (χ0) is 10.8. The van der Waals surface area contributed by atoms with Gasteiger partial charge < -0.3 is 10.6 Å². The van der Waals surface area contributed by atoms with Crippen LogP contribution in [0.3, 0.4) is 0 Å². The van der Waals surface area contributed by atoms with Crippen LogP contribution in [0, 0.1) is 5.41 Å². The first-order valence-electron chi connectivity index (χ1n) is 5.50. The minimum Gasteiger partial charge on any atom is -0.341 e. The summed E-state index contributed by atoms with van der Waals surface area (Å²) in [4.78, 5) is 13.7. The van der Waals surface area contributed by atoms with Gasteiger partial charge in [-0.3, -0.25) is 4.79 Å². The molecule has 1 saturated heterocycles. The molecule has 0 radical (unpaired) electrons. The number of nitrogens with zero attached hydrogens (tertiary/aromatic N) is 1. The van der Waals surface area contributed by atoms with Crippen molar-refractivity contribution in [3.63, 3.8) is 0 Å². The standard InChI is InChI=1S/C11H22N2O/c1-4-5-9(12)10(14)13-7-6-11(2,3)8-13/h9H,4-8,12H2,1-3H3/t9-/m1/s1. The van der Waals surface area contributed by atoms with Crippen LogP contribution in [0.1, 0.15) is 40.0 Å². The number of carbonyl (C=O) groups is 1. The Balaban J connectivity index is 2.47. The highest BCUT2D eigenvalue weighted by Gasteiger charge is 2.33. The number of carbonyl (C=O) groups excluding carboxylic acids is 1. The molecule has 0 saturated carbocycles. The maximum Gasteiger partial charge on any atom is 0.239 e. The van der Waals surface area contributed by atoms with Gasteiger partial charge >= 0.3 is 0 Å². The number of nitrogens with two attached hydrogens (primary N) is 1. The molecule has 1 atom stereocenters. The van der Waals surface area contributed by atoms with Crippen LogP contribution in [0.25, 0.3) is 0 Å². The van der Waals surface area contributed by atoms with Crippen molar-refractivity contribution < 1.29 is 4.79 Å². The Labute approximate surface area is 86.6 Å². The second-order valence-electron chi connectivity index (χ2n) is 5.07. The lowest BCUT2D eigenvalue weighted by molar-refractivity contribution is -0.132. The van der Waals surface area contributed by atoms with Gasteiger partial charge in [-0.2, -0.15) is 0 Å². The molecule has 3 heteroatoms. The van der Waals surface area contributed by atoms with Gasteiger partial charge in [-0.15, -0.1) is 0 Å². The molecule has 0 spiro atoms. The van der Waals surface area contributed by atoms with Crippen molar-refractivity contribution in [3.8, 4) is 0 Å². The number of hydrogen-bond acceptors (Lipinski definition) is 2. The highest BCUT2D eigenvalue weighted by molar-refractivity contribution is 5.81. The Hall–Kier alpha value is -0.570. The van der Waals surface area contributed by atoms with Crippen molar-refractivity contribution in [2.75, 3.05) is 13.1 Å². The zero-order valence-electron chi connectivity index (χ0n) is 9.55. The summed E-state index contributed by atoms with van der Waals surface area (Å²) in [5, 5.41) is 0. The third-order valence-corrected chi connectivity index (χ3v) is 2.91. The van der Waals surface area contributed by atoms with E-state index >= 15 is 0 Å². The van der Waals surface area contributed by atoms with E-state index in [-0.39, 0.29) is 17.4 Å². The van der Waals surface area contributed by atoms with E-state index in [9.17, 15) is 4.79 Å². The Morgan fingerprint density at radius 3 is 2.64 bits per heavy atom. The molecule has 82 valence electrons. The van der Waals surface area contributed by atoms with E-state index in [1.807, 2.05) is 4.90 Å². The zero-order valence-corrected chi connectivity index (χ0v) is 9.55. The number of rotatable bonds is 3. The highest BCUT2D eigenvalue weighted by atomic mass is 16.2. The van der Waals surface area contributed by atoms with Crippen LogP contribution in [-0.2, 0) is 4.79 Å². The Kier molecular flexibility index (Phi) is 3.53. The molecule has 0 aromatic rings. The van der Waals surface area contributed by atoms with E-state index in [4.69, 9.17) is 5.73 Å². The van der Waals surface area contributed by atoms with E-state index in [0.29, 0.717) is 0 Å². The van der Waals surface area contributed by atoms with E-state index in [2.05, 4.69) is 20.8 Å². The average Bonchev–Trinajstić information content (AvgIpc) is 2.45. The summed E-state index contributed by atoms with van der Waals surface area (Å²) in [6.45, 7) is 8.20. The molecule has 1 aliphatic heterocycles. The topological polar surface area (TPSA) is 46.3 Å². The largest absolute Gasteiger partial charge is 0.341 e. The average molecular weight is 198 g/mol. The van der Waals surface area contributed by atoms with Crippen LogP contribution in [-0.4, -0.2) is 29.9 Å². The third kappa shape index (κ3) is 2.71. The summed E-state index contributed by atoms with van der Waals surface area (Å²) in [5.41, 5.74) is 6.08. The smallest absolute Gasteiger partial charge is 0.239 e. The van der Waals surface area contributed by atoms with Gasteiger partial charge in [-0.1, -0.05) is 27.2 Å².